The van der Waals surface area contributed by atoms with E-state index in [4.69, 9.17) is 0 Å². The maximum atomic E-state index is 2.46. The minimum absolute atomic E-state index is 0. The van der Waals surface area contributed by atoms with Crippen LogP contribution in [0.25, 0.3) is 0 Å². The zero-order valence-corrected chi connectivity index (χ0v) is 7.27. The quantitative estimate of drug-likeness (QED) is 0.522. The van der Waals surface area contributed by atoms with Crippen molar-refractivity contribution in [3.8, 4) is 0 Å². The highest BCUT2D eigenvalue weighted by Crippen LogP contribution is 2.14. The van der Waals surface area contributed by atoms with Crippen LogP contribution in [0.3, 0.4) is 0 Å². The fraction of sp³-hybridized carbons (Fsp3) is 1.00. The second-order valence-corrected chi connectivity index (χ2v) is 3.72. The van der Waals surface area contributed by atoms with Crippen LogP contribution in [0.15, 0.2) is 0 Å². The van der Waals surface area contributed by atoms with Gasteiger partial charge in [0.25, 0.3) is 0 Å². The molecule has 0 N–H and O–H groups in total. The molecule has 1 unspecified atom stereocenters. The van der Waals surface area contributed by atoms with E-state index in [0.717, 1.165) is 5.92 Å². The highest BCUT2D eigenvalue weighted by molar-refractivity contribution is 4.63. The van der Waals surface area contributed by atoms with Gasteiger partial charge in [0, 0.05) is 6.54 Å². The second-order valence-electron chi connectivity index (χ2n) is 3.72. The van der Waals surface area contributed by atoms with E-state index in [9.17, 15) is 0 Å². The van der Waals surface area contributed by atoms with Gasteiger partial charge in [-0.25, -0.2) is 0 Å². The van der Waals surface area contributed by atoms with Gasteiger partial charge in [0.05, 0.1) is 0 Å². The molecule has 0 aromatic carbocycles. The summed E-state index contributed by atoms with van der Waals surface area (Å²) in [5, 5.41) is 0. The molecule has 1 saturated heterocycles. The van der Waals surface area contributed by atoms with E-state index in [1.165, 1.54) is 38.8 Å². The Morgan fingerprint density at radius 3 is 2.64 bits per heavy atom. The highest BCUT2D eigenvalue weighted by Gasteiger charge is 2.08. The zero-order chi connectivity index (χ0) is 7.40. The highest BCUT2D eigenvalue weighted by atomic mass is 15.1. The van der Waals surface area contributed by atoms with Gasteiger partial charge >= 0.3 is 0 Å². The van der Waals surface area contributed by atoms with Gasteiger partial charge in [-0.1, -0.05) is 27.2 Å². The van der Waals surface area contributed by atoms with Crippen LogP contribution in [0.5, 0.6) is 0 Å². The number of hydrogen-bond donors (Lipinski definition) is 0. The van der Waals surface area contributed by atoms with Crippen LogP contribution in [0.2, 0.25) is 0 Å². The molecule has 0 aromatic heterocycles. The first kappa shape index (κ1) is 11.0. The lowest BCUT2D eigenvalue weighted by molar-refractivity contribution is 0.249. The van der Waals surface area contributed by atoms with Crippen molar-refractivity contribution >= 4 is 0 Å². The summed E-state index contributed by atoms with van der Waals surface area (Å²) in [7, 11) is 2.24. The Morgan fingerprint density at radius 1 is 1.18 bits per heavy atom. The largest absolute Gasteiger partial charge is 0.306 e. The van der Waals surface area contributed by atoms with Crippen LogP contribution in [-0.4, -0.2) is 25.0 Å². The molecule has 1 fully saturated rings. The Hall–Kier alpha value is -0.0400. The van der Waals surface area contributed by atoms with Gasteiger partial charge < -0.3 is 4.90 Å². The standard InChI is InChI=1S/C9H19N.CH4/c1-9-6-4-3-5-7-10(2)8-9;/h9H,3-8H2,1-2H3;1H4. The van der Waals surface area contributed by atoms with Crippen molar-refractivity contribution in [1.29, 1.82) is 0 Å². The smallest absolute Gasteiger partial charge is 0.000397 e. The van der Waals surface area contributed by atoms with Gasteiger partial charge in [-0.05, 0) is 32.4 Å². The van der Waals surface area contributed by atoms with Crippen molar-refractivity contribution in [2.75, 3.05) is 20.1 Å². The summed E-state index contributed by atoms with van der Waals surface area (Å²) in [4.78, 5) is 2.46. The van der Waals surface area contributed by atoms with Gasteiger partial charge in [-0.15, -0.1) is 0 Å². The fourth-order valence-corrected chi connectivity index (χ4v) is 1.77. The first-order valence-electron chi connectivity index (χ1n) is 4.47. The Morgan fingerprint density at radius 2 is 1.91 bits per heavy atom. The minimum Gasteiger partial charge on any atom is -0.306 e. The molecule has 0 aliphatic carbocycles. The normalized spacial score (nSPS) is 28.4. The molecule has 68 valence electrons. The molecule has 1 nitrogen and oxygen atoms in total. The first-order chi connectivity index (χ1) is 4.79. The number of nitrogens with zero attached hydrogens (tertiary/aromatic N) is 1. The molecule has 0 bridgehead atoms. The van der Waals surface area contributed by atoms with E-state index in [-0.39, 0.29) is 7.43 Å². The molecule has 1 aliphatic rings. The van der Waals surface area contributed by atoms with Crippen LogP contribution in [0, 0.1) is 5.92 Å². The second kappa shape index (κ2) is 5.59. The van der Waals surface area contributed by atoms with E-state index < -0.39 is 0 Å². The summed E-state index contributed by atoms with van der Waals surface area (Å²) < 4.78 is 0. The first-order valence-corrected chi connectivity index (χ1v) is 4.47. The third-order valence-corrected chi connectivity index (χ3v) is 2.36. The van der Waals surface area contributed by atoms with Gasteiger partial charge in [-0.3, -0.25) is 0 Å². The fourth-order valence-electron chi connectivity index (χ4n) is 1.77. The van der Waals surface area contributed by atoms with Gasteiger partial charge in [-0.2, -0.15) is 0 Å². The Bertz CT molecular complexity index is 80.9. The summed E-state index contributed by atoms with van der Waals surface area (Å²) >= 11 is 0. The van der Waals surface area contributed by atoms with E-state index in [2.05, 4.69) is 18.9 Å². The average molecular weight is 157 g/mol. The molecule has 11 heavy (non-hydrogen) atoms. The molecular weight excluding hydrogens is 134 g/mol. The Labute approximate surface area is 71.8 Å². The Kier molecular flexibility index (Phi) is 5.57. The monoisotopic (exact) mass is 157 g/mol. The molecule has 0 saturated carbocycles. The third-order valence-electron chi connectivity index (χ3n) is 2.36. The van der Waals surface area contributed by atoms with Crippen molar-refractivity contribution in [3.63, 3.8) is 0 Å². The number of likely N-dealkylation sites (tertiary alicyclic amines) is 1. The lowest BCUT2D eigenvalue weighted by atomic mass is 10.0. The predicted octanol–water partition coefficient (Wildman–Crippen LogP) is 2.76. The SMILES string of the molecule is C.CC1CCCCCN(C)C1. The minimum atomic E-state index is 0. The molecule has 1 heterocycles. The third kappa shape index (κ3) is 4.41. The molecular formula is C10H23N. The summed E-state index contributed by atoms with van der Waals surface area (Å²) in [6.45, 7) is 4.98. The van der Waals surface area contributed by atoms with Gasteiger partial charge in [0.1, 0.15) is 0 Å². The van der Waals surface area contributed by atoms with E-state index >= 15 is 0 Å². The van der Waals surface area contributed by atoms with E-state index in [1.807, 2.05) is 0 Å². The van der Waals surface area contributed by atoms with Crippen molar-refractivity contribution < 1.29 is 0 Å². The lowest BCUT2D eigenvalue weighted by Crippen LogP contribution is -2.27. The van der Waals surface area contributed by atoms with E-state index in [1.54, 1.807) is 0 Å². The predicted molar refractivity (Wildman–Crippen MR) is 51.9 cm³/mol. The van der Waals surface area contributed by atoms with Crippen molar-refractivity contribution in [2.24, 2.45) is 5.92 Å². The summed E-state index contributed by atoms with van der Waals surface area (Å²) in [5.41, 5.74) is 0. The molecule has 1 heteroatoms. The molecule has 1 aliphatic heterocycles. The van der Waals surface area contributed by atoms with Crippen LogP contribution in [-0.2, 0) is 0 Å². The average Bonchev–Trinajstić information content (AvgIpc) is 1.83. The van der Waals surface area contributed by atoms with Gasteiger partial charge in [0.2, 0.25) is 0 Å². The van der Waals surface area contributed by atoms with Crippen LogP contribution >= 0.6 is 0 Å². The van der Waals surface area contributed by atoms with E-state index in [0.29, 0.717) is 0 Å². The molecule has 0 amide bonds. The van der Waals surface area contributed by atoms with Crippen molar-refractivity contribution in [2.45, 2.75) is 40.0 Å². The van der Waals surface area contributed by atoms with Crippen LogP contribution in [0.1, 0.15) is 40.0 Å². The lowest BCUT2D eigenvalue weighted by Gasteiger charge is -2.23. The van der Waals surface area contributed by atoms with Crippen molar-refractivity contribution in [3.05, 3.63) is 0 Å². The Balaban J connectivity index is 0.000001000. The molecule has 0 radical (unpaired) electrons. The number of rotatable bonds is 0. The van der Waals surface area contributed by atoms with Crippen LogP contribution < -0.4 is 0 Å². The topological polar surface area (TPSA) is 3.24 Å². The number of hydrogen-bond acceptors (Lipinski definition) is 1. The molecule has 0 spiro atoms. The summed E-state index contributed by atoms with van der Waals surface area (Å²) in [5.74, 6) is 0.922. The molecule has 0 aromatic rings. The van der Waals surface area contributed by atoms with Crippen molar-refractivity contribution in [1.82, 2.24) is 4.90 Å². The zero-order valence-electron chi connectivity index (χ0n) is 7.27. The maximum absolute atomic E-state index is 2.46. The molecule has 1 rings (SSSR count). The van der Waals surface area contributed by atoms with Gasteiger partial charge in [0.15, 0.2) is 0 Å². The maximum Gasteiger partial charge on any atom is 0.000397 e. The van der Waals surface area contributed by atoms with Crippen LogP contribution in [0.4, 0.5) is 0 Å². The summed E-state index contributed by atoms with van der Waals surface area (Å²) in [6, 6.07) is 0. The summed E-state index contributed by atoms with van der Waals surface area (Å²) in [6.07, 6.45) is 5.73. The molecule has 1 atom stereocenters.